The summed E-state index contributed by atoms with van der Waals surface area (Å²) in [5.74, 6) is -1.17. The van der Waals surface area contributed by atoms with Gasteiger partial charge in [0, 0.05) is 5.92 Å². The van der Waals surface area contributed by atoms with E-state index in [1.54, 1.807) is 0 Å². The molecule has 2 atom stereocenters. The second-order valence-corrected chi connectivity index (χ2v) is 3.79. The van der Waals surface area contributed by atoms with Gasteiger partial charge in [0.05, 0.1) is 0 Å². The second kappa shape index (κ2) is 2.88. The van der Waals surface area contributed by atoms with Crippen molar-refractivity contribution in [3.8, 4) is 0 Å². The largest absolute Gasteiger partial charge is 0.481 e. The zero-order chi connectivity index (χ0) is 9.35. The summed E-state index contributed by atoms with van der Waals surface area (Å²) in [7, 11) is 0. The van der Waals surface area contributed by atoms with E-state index >= 15 is 0 Å². The molecule has 0 saturated heterocycles. The first-order chi connectivity index (χ1) is 5.48. The van der Waals surface area contributed by atoms with Crippen molar-refractivity contribution in [1.82, 2.24) is 0 Å². The molecule has 3 nitrogen and oxygen atoms in total. The lowest BCUT2D eigenvalue weighted by atomic mass is 9.70. The van der Waals surface area contributed by atoms with Crippen LogP contribution in [0, 0.1) is 11.3 Å². The SMILES string of the molecule is CC1CCCC(C)(C(=O)O)C1=O. The minimum Gasteiger partial charge on any atom is -0.481 e. The molecule has 1 rings (SSSR count). The number of carbonyl (C=O) groups excluding carboxylic acids is 1. The Balaban J connectivity index is 2.89. The molecule has 1 N–H and O–H groups in total. The van der Waals surface area contributed by atoms with Crippen LogP contribution in [0.2, 0.25) is 0 Å². The number of carboxylic acids is 1. The van der Waals surface area contributed by atoms with Crippen LogP contribution < -0.4 is 0 Å². The van der Waals surface area contributed by atoms with Crippen LogP contribution in [0.15, 0.2) is 0 Å². The second-order valence-electron chi connectivity index (χ2n) is 3.79. The van der Waals surface area contributed by atoms with Crippen molar-refractivity contribution < 1.29 is 14.7 Å². The standard InChI is InChI=1S/C9H14O3/c1-6-4-3-5-9(2,7(6)10)8(11)12/h6H,3-5H2,1-2H3,(H,11,12). The van der Waals surface area contributed by atoms with E-state index in [0.717, 1.165) is 12.8 Å². The molecule has 0 aromatic carbocycles. The van der Waals surface area contributed by atoms with Crippen molar-refractivity contribution in [2.45, 2.75) is 33.1 Å². The summed E-state index contributed by atoms with van der Waals surface area (Å²) in [5, 5.41) is 8.86. The molecule has 0 aromatic rings. The maximum Gasteiger partial charge on any atom is 0.316 e. The van der Waals surface area contributed by atoms with Gasteiger partial charge in [-0.3, -0.25) is 9.59 Å². The molecule has 0 spiro atoms. The summed E-state index contributed by atoms with van der Waals surface area (Å²) in [6, 6.07) is 0. The van der Waals surface area contributed by atoms with Gasteiger partial charge in [-0.1, -0.05) is 13.3 Å². The topological polar surface area (TPSA) is 54.4 Å². The van der Waals surface area contributed by atoms with Gasteiger partial charge in [-0.2, -0.15) is 0 Å². The third-order valence-electron chi connectivity index (χ3n) is 2.78. The number of hydrogen-bond acceptors (Lipinski definition) is 2. The Morgan fingerprint density at radius 1 is 1.67 bits per heavy atom. The van der Waals surface area contributed by atoms with Crippen LogP contribution in [0.3, 0.4) is 0 Å². The molecule has 0 amide bonds. The summed E-state index contributed by atoms with van der Waals surface area (Å²) in [4.78, 5) is 22.3. The highest BCUT2D eigenvalue weighted by Crippen LogP contribution is 2.35. The normalized spacial score (nSPS) is 36.5. The predicted octanol–water partition coefficient (Wildman–Crippen LogP) is 1.47. The number of rotatable bonds is 1. The molecule has 0 bridgehead atoms. The van der Waals surface area contributed by atoms with Crippen LogP contribution in [0.4, 0.5) is 0 Å². The predicted molar refractivity (Wildman–Crippen MR) is 43.8 cm³/mol. The molecule has 2 unspecified atom stereocenters. The average Bonchev–Trinajstić information content (AvgIpc) is 2.00. The minimum atomic E-state index is -1.11. The molecular formula is C9H14O3. The number of hydrogen-bond donors (Lipinski definition) is 1. The average molecular weight is 170 g/mol. The van der Waals surface area contributed by atoms with E-state index in [4.69, 9.17) is 5.11 Å². The lowest BCUT2D eigenvalue weighted by molar-refractivity contribution is -0.157. The van der Waals surface area contributed by atoms with Crippen LogP contribution in [0.25, 0.3) is 0 Å². The van der Waals surface area contributed by atoms with Gasteiger partial charge < -0.3 is 5.11 Å². The number of carbonyl (C=O) groups is 2. The molecule has 1 aliphatic rings. The molecule has 12 heavy (non-hydrogen) atoms. The van der Waals surface area contributed by atoms with Crippen LogP contribution in [-0.2, 0) is 9.59 Å². The Morgan fingerprint density at radius 2 is 2.25 bits per heavy atom. The van der Waals surface area contributed by atoms with Gasteiger partial charge in [0.15, 0.2) is 5.78 Å². The quantitative estimate of drug-likeness (QED) is 0.606. The molecule has 0 heterocycles. The van der Waals surface area contributed by atoms with Gasteiger partial charge in [0.25, 0.3) is 0 Å². The summed E-state index contributed by atoms with van der Waals surface area (Å²) in [5.41, 5.74) is -1.11. The van der Waals surface area contributed by atoms with Gasteiger partial charge in [-0.25, -0.2) is 0 Å². The van der Waals surface area contributed by atoms with Gasteiger partial charge in [-0.15, -0.1) is 0 Å². The highest BCUT2D eigenvalue weighted by atomic mass is 16.4. The summed E-state index contributed by atoms with van der Waals surface area (Å²) in [6.45, 7) is 3.34. The van der Waals surface area contributed by atoms with Crippen LogP contribution in [-0.4, -0.2) is 16.9 Å². The van der Waals surface area contributed by atoms with E-state index in [2.05, 4.69) is 0 Å². The van der Waals surface area contributed by atoms with Crippen LogP contribution >= 0.6 is 0 Å². The fourth-order valence-corrected chi connectivity index (χ4v) is 1.77. The van der Waals surface area contributed by atoms with E-state index in [-0.39, 0.29) is 11.7 Å². The molecule has 0 radical (unpaired) electrons. The Bertz CT molecular complexity index is 222. The summed E-state index contributed by atoms with van der Waals surface area (Å²) < 4.78 is 0. The Morgan fingerprint density at radius 3 is 2.67 bits per heavy atom. The number of ketones is 1. The van der Waals surface area contributed by atoms with Gasteiger partial charge in [0.2, 0.25) is 0 Å². The number of aliphatic carboxylic acids is 1. The molecular weight excluding hydrogens is 156 g/mol. The maximum atomic E-state index is 11.5. The third kappa shape index (κ3) is 1.24. The van der Waals surface area contributed by atoms with Crippen LogP contribution in [0.1, 0.15) is 33.1 Å². The molecule has 1 saturated carbocycles. The molecule has 1 fully saturated rings. The van der Waals surface area contributed by atoms with Crippen molar-refractivity contribution >= 4 is 11.8 Å². The van der Waals surface area contributed by atoms with E-state index in [1.807, 2.05) is 6.92 Å². The fraction of sp³-hybridized carbons (Fsp3) is 0.778. The Kier molecular flexibility index (Phi) is 2.22. The smallest absolute Gasteiger partial charge is 0.316 e. The van der Waals surface area contributed by atoms with E-state index in [0.29, 0.717) is 6.42 Å². The van der Waals surface area contributed by atoms with Gasteiger partial charge in [-0.05, 0) is 19.8 Å². The maximum absolute atomic E-state index is 11.5. The van der Waals surface area contributed by atoms with Crippen molar-refractivity contribution in [3.05, 3.63) is 0 Å². The molecule has 0 aromatic heterocycles. The van der Waals surface area contributed by atoms with E-state index in [1.165, 1.54) is 6.92 Å². The Labute approximate surface area is 71.8 Å². The minimum absolute atomic E-state index is 0.0835. The van der Waals surface area contributed by atoms with Gasteiger partial charge in [0.1, 0.15) is 5.41 Å². The zero-order valence-electron chi connectivity index (χ0n) is 7.46. The van der Waals surface area contributed by atoms with Crippen molar-refractivity contribution in [2.75, 3.05) is 0 Å². The first-order valence-electron chi connectivity index (χ1n) is 4.26. The summed E-state index contributed by atoms with van der Waals surface area (Å²) in [6.07, 6.45) is 2.17. The van der Waals surface area contributed by atoms with E-state index in [9.17, 15) is 9.59 Å². The molecule has 3 heteroatoms. The molecule has 68 valence electrons. The fourth-order valence-electron chi connectivity index (χ4n) is 1.77. The molecule has 0 aliphatic heterocycles. The van der Waals surface area contributed by atoms with Gasteiger partial charge >= 0.3 is 5.97 Å². The Hall–Kier alpha value is -0.860. The highest BCUT2D eigenvalue weighted by Gasteiger charge is 2.45. The summed E-state index contributed by atoms with van der Waals surface area (Å²) >= 11 is 0. The van der Waals surface area contributed by atoms with Crippen LogP contribution in [0.5, 0.6) is 0 Å². The molecule has 1 aliphatic carbocycles. The first kappa shape index (κ1) is 9.23. The first-order valence-corrected chi connectivity index (χ1v) is 4.26. The highest BCUT2D eigenvalue weighted by molar-refractivity contribution is 6.04. The lowest BCUT2D eigenvalue weighted by Gasteiger charge is -2.31. The van der Waals surface area contributed by atoms with E-state index < -0.39 is 11.4 Å². The zero-order valence-corrected chi connectivity index (χ0v) is 7.46. The monoisotopic (exact) mass is 170 g/mol. The van der Waals surface area contributed by atoms with Crippen molar-refractivity contribution in [1.29, 1.82) is 0 Å². The number of Topliss-reactive ketones (excluding diaryl/α,β-unsaturated/α-hetero) is 1. The third-order valence-corrected chi connectivity index (χ3v) is 2.78. The number of carboxylic acid groups (broad SMARTS) is 1. The lowest BCUT2D eigenvalue weighted by Crippen LogP contribution is -2.42. The van der Waals surface area contributed by atoms with Crippen molar-refractivity contribution in [3.63, 3.8) is 0 Å². The van der Waals surface area contributed by atoms with Crippen molar-refractivity contribution in [2.24, 2.45) is 11.3 Å².